The van der Waals surface area contributed by atoms with Gasteiger partial charge in [-0.15, -0.1) is 0 Å². The molecule has 2 N–H and O–H groups in total. The van der Waals surface area contributed by atoms with Crippen molar-refractivity contribution in [3.05, 3.63) is 53.1 Å². The number of carboxylic acid groups (broad SMARTS) is 1. The van der Waals surface area contributed by atoms with E-state index in [1.807, 2.05) is 39.0 Å². The van der Waals surface area contributed by atoms with Crippen molar-refractivity contribution in [2.24, 2.45) is 0 Å². The van der Waals surface area contributed by atoms with Crippen LogP contribution in [0.15, 0.2) is 36.4 Å². The molecule has 0 saturated heterocycles. The van der Waals surface area contributed by atoms with E-state index in [1.165, 1.54) is 0 Å². The summed E-state index contributed by atoms with van der Waals surface area (Å²) in [5.41, 5.74) is 3.10. The molecule has 2 aromatic carbocycles. The molecule has 5 nitrogen and oxygen atoms in total. The van der Waals surface area contributed by atoms with Crippen molar-refractivity contribution in [1.29, 1.82) is 0 Å². The van der Waals surface area contributed by atoms with Gasteiger partial charge in [-0.3, -0.25) is 0 Å². The fraction of sp³-hybridized carbons (Fsp3) is 0.316. The summed E-state index contributed by atoms with van der Waals surface area (Å²) in [6.45, 7) is 7.52. The van der Waals surface area contributed by atoms with E-state index in [-0.39, 0.29) is 5.56 Å². The van der Waals surface area contributed by atoms with Crippen molar-refractivity contribution >= 4 is 11.7 Å². The minimum atomic E-state index is -0.933. The van der Waals surface area contributed by atoms with Gasteiger partial charge in [-0.25, -0.2) is 4.79 Å². The summed E-state index contributed by atoms with van der Waals surface area (Å²) < 4.78 is 11.2. The first kappa shape index (κ1) is 17.7. The van der Waals surface area contributed by atoms with E-state index in [0.29, 0.717) is 19.8 Å². The number of carbonyl (C=O) groups is 1. The highest BCUT2D eigenvalue weighted by Crippen LogP contribution is 2.29. The number of ether oxygens (including phenoxy) is 2. The third-order valence-corrected chi connectivity index (χ3v) is 3.58. The van der Waals surface area contributed by atoms with Crippen LogP contribution < -0.4 is 14.8 Å². The van der Waals surface area contributed by atoms with Crippen molar-refractivity contribution in [3.63, 3.8) is 0 Å². The maximum absolute atomic E-state index is 11.1. The number of carboxylic acids is 1. The normalized spacial score (nSPS) is 10.3. The monoisotopic (exact) mass is 329 g/mol. The average Bonchev–Trinajstić information content (AvgIpc) is 2.56. The molecule has 0 heterocycles. The van der Waals surface area contributed by atoms with Crippen LogP contribution in [-0.4, -0.2) is 24.3 Å². The molecular formula is C19H23NO4. The van der Waals surface area contributed by atoms with E-state index in [9.17, 15) is 4.79 Å². The summed E-state index contributed by atoms with van der Waals surface area (Å²) in [7, 11) is 0. The lowest BCUT2D eigenvalue weighted by Gasteiger charge is -2.14. The van der Waals surface area contributed by atoms with Gasteiger partial charge in [-0.05, 0) is 56.2 Å². The van der Waals surface area contributed by atoms with Gasteiger partial charge in [-0.1, -0.05) is 12.1 Å². The van der Waals surface area contributed by atoms with Crippen molar-refractivity contribution in [3.8, 4) is 11.5 Å². The van der Waals surface area contributed by atoms with Crippen LogP contribution in [0.3, 0.4) is 0 Å². The van der Waals surface area contributed by atoms with E-state index in [4.69, 9.17) is 14.6 Å². The molecule has 0 aliphatic carbocycles. The van der Waals surface area contributed by atoms with Crippen molar-refractivity contribution in [2.45, 2.75) is 27.3 Å². The second-order valence-electron chi connectivity index (χ2n) is 5.34. The molecule has 0 atom stereocenters. The van der Waals surface area contributed by atoms with Crippen molar-refractivity contribution in [1.82, 2.24) is 0 Å². The second-order valence-corrected chi connectivity index (χ2v) is 5.34. The summed E-state index contributed by atoms with van der Waals surface area (Å²) in [4.78, 5) is 11.1. The lowest BCUT2D eigenvalue weighted by Crippen LogP contribution is -2.05. The van der Waals surface area contributed by atoms with Gasteiger partial charge in [0.1, 0.15) is 0 Å². The molecule has 0 saturated carbocycles. The molecule has 0 bridgehead atoms. The zero-order valence-electron chi connectivity index (χ0n) is 14.3. The zero-order chi connectivity index (χ0) is 17.5. The Hall–Kier alpha value is -2.69. The van der Waals surface area contributed by atoms with Crippen LogP contribution in [-0.2, 0) is 6.54 Å². The second kappa shape index (κ2) is 8.24. The fourth-order valence-corrected chi connectivity index (χ4v) is 2.35. The highest BCUT2D eigenvalue weighted by molar-refractivity contribution is 5.89. The maximum Gasteiger partial charge on any atom is 0.335 e. The van der Waals surface area contributed by atoms with Crippen LogP contribution in [0.4, 0.5) is 5.69 Å². The molecule has 0 radical (unpaired) electrons. The number of rotatable bonds is 8. The third-order valence-electron chi connectivity index (χ3n) is 3.58. The Bertz CT molecular complexity index is 713. The van der Waals surface area contributed by atoms with Crippen LogP contribution in [0.1, 0.15) is 35.3 Å². The van der Waals surface area contributed by atoms with E-state index in [1.54, 1.807) is 18.2 Å². The summed E-state index contributed by atoms with van der Waals surface area (Å²) in [6.07, 6.45) is 0. The third kappa shape index (κ3) is 4.41. The number of hydrogen-bond donors (Lipinski definition) is 2. The average molecular weight is 329 g/mol. The molecule has 0 fully saturated rings. The van der Waals surface area contributed by atoms with E-state index in [2.05, 4.69) is 5.32 Å². The first-order valence-electron chi connectivity index (χ1n) is 8.01. The van der Waals surface area contributed by atoms with Gasteiger partial charge in [-0.2, -0.15) is 0 Å². The molecule has 2 rings (SSSR count). The highest BCUT2D eigenvalue weighted by Gasteiger charge is 2.08. The highest BCUT2D eigenvalue weighted by atomic mass is 16.5. The number of nitrogens with one attached hydrogen (secondary N) is 1. The molecule has 2 aromatic rings. The van der Waals surface area contributed by atoms with Gasteiger partial charge in [0.25, 0.3) is 0 Å². The number of hydrogen-bond acceptors (Lipinski definition) is 4. The molecule has 24 heavy (non-hydrogen) atoms. The summed E-state index contributed by atoms with van der Waals surface area (Å²) in [5, 5.41) is 12.4. The largest absolute Gasteiger partial charge is 0.490 e. The zero-order valence-corrected chi connectivity index (χ0v) is 14.3. The minimum Gasteiger partial charge on any atom is -0.490 e. The summed E-state index contributed by atoms with van der Waals surface area (Å²) >= 11 is 0. The molecule has 0 aliphatic heterocycles. The lowest BCUT2D eigenvalue weighted by atomic mass is 10.1. The Morgan fingerprint density at radius 3 is 2.42 bits per heavy atom. The van der Waals surface area contributed by atoms with Crippen LogP contribution in [0.2, 0.25) is 0 Å². The van der Waals surface area contributed by atoms with Gasteiger partial charge in [0.2, 0.25) is 0 Å². The van der Waals surface area contributed by atoms with Crippen LogP contribution in [0.25, 0.3) is 0 Å². The van der Waals surface area contributed by atoms with Gasteiger partial charge in [0.05, 0.1) is 18.8 Å². The number of anilines is 1. The Balaban J connectivity index is 2.15. The van der Waals surface area contributed by atoms with Crippen LogP contribution in [0.5, 0.6) is 11.5 Å². The Labute approximate surface area is 142 Å². The molecule has 0 aromatic heterocycles. The maximum atomic E-state index is 11.1. The Kier molecular flexibility index (Phi) is 6.07. The smallest absolute Gasteiger partial charge is 0.335 e. The predicted molar refractivity (Wildman–Crippen MR) is 94.2 cm³/mol. The predicted octanol–water partition coefficient (Wildman–Crippen LogP) is 4.10. The molecule has 0 unspecified atom stereocenters. The number of benzene rings is 2. The van der Waals surface area contributed by atoms with Crippen LogP contribution in [0, 0.1) is 6.92 Å². The number of aryl methyl sites for hydroxylation is 1. The molecule has 0 amide bonds. The lowest BCUT2D eigenvalue weighted by molar-refractivity contribution is 0.0697. The van der Waals surface area contributed by atoms with Gasteiger partial charge >= 0.3 is 5.97 Å². The van der Waals surface area contributed by atoms with E-state index in [0.717, 1.165) is 28.3 Å². The standard InChI is InChI=1S/C19H23NO4/c1-4-23-17-9-7-14(10-18(17)24-5-2)12-20-16-11-15(19(21)22)8-6-13(16)3/h6-11,20H,4-5,12H2,1-3H3,(H,21,22). The van der Waals surface area contributed by atoms with Gasteiger partial charge in [0, 0.05) is 12.2 Å². The fourth-order valence-electron chi connectivity index (χ4n) is 2.35. The van der Waals surface area contributed by atoms with Gasteiger partial charge in [0.15, 0.2) is 11.5 Å². The Morgan fingerprint density at radius 1 is 1.04 bits per heavy atom. The van der Waals surface area contributed by atoms with Crippen LogP contribution >= 0.6 is 0 Å². The molecular weight excluding hydrogens is 306 g/mol. The Morgan fingerprint density at radius 2 is 1.75 bits per heavy atom. The van der Waals surface area contributed by atoms with Gasteiger partial charge < -0.3 is 19.9 Å². The molecule has 0 spiro atoms. The number of aromatic carboxylic acids is 1. The summed E-state index contributed by atoms with van der Waals surface area (Å²) in [6, 6.07) is 10.9. The van der Waals surface area contributed by atoms with Crippen molar-refractivity contribution in [2.75, 3.05) is 18.5 Å². The minimum absolute atomic E-state index is 0.268. The SMILES string of the molecule is CCOc1ccc(CNc2cc(C(=O)O)ccc2C)cc1OCC. The van der Waals surface area contributed by atoms with E-state index < -0.39 is 5.97 Å². The summed E-state index contributed by atoms with van der Waals surface area (Å²) in [5.74, 6) is 0.513. The molecule has 128 valence electrons. The molecule has 0 aliphatic rings. The van der Waals surface area contributed by atoms with E-state index >= 15 is 0 Å². The quantitative estimate of drug-likeness (QED) is 0.763. The topological polar surface area (TPSA) is 67.8 Å². The molecule has 5 heteroatoms. The first-order chi connectivity index (χ1) is 11.5. The van der Waals surface area contributed by atoms with Crippen molar-refractivity contribution < 1.29 is 19.4 Å². The first-order valence-corrected chi connectivity index (χ1v) is 8.01.